The second kappa shape index (κ2) is 4.00. The first-order chi connectivity index (χ1) is 7.31. The molecule has 0 fully saturated rings. The molecule has 2 rings (SSSR count). The lowest BCUT2D eigenvalue weighted by atomic mass is 10.1. The van der Waals surface area contributed by atoms with Crippen LogP contribution in [0.4, 0.5) is 5.69 Å². The van der Waals surface area contributed by atoms with Crippen LogP contribution in [0.15, 0.2) is 23.4 Å². The van der Waals surface area contributed by atoms with Gasteiger partial charge in [0.2, 0.25) is 0 Å². The number of ether oxygens (including phenoxy) is 1. The largest absolute Gasteiger partial charge is 0.493 e. The van der Waals surface area contributed by atoms with Gasteiger partial charge in [0.15, 0.2) is 0 Å². The van der Waals surface area contributed by atoms with Crippen LogP contribution < -0.4 is 10.1 Å². The average Bonchev–Trinajstić information content (AvgIpc) is 2.67. The number of carbonyl (C=O) groups is 1. The first-order valence-electron chi connectivity index (χ1n) is 4.54. The number of benzene rings is 1. The summed E-state index contributed by atoms with van der Waals surface area (Å²) in [5.41, 5.74) is 1.69. The van der Waals surface area contributed by atoms with E-state index in [9.17, 15) is 4.79 Å². The molecule has 0 unspecified atom stereocenters. The van der Waals surface area contributed by atoms with Gasteiger partial charge in [0.05, 0.1) is 6.61 Å². The zero-order valence-corrected chi connectivity index (χ0v) is 7.93. The zero-order valence-electron chi connectivity index (χ0n) is 7.93. The summed E-state index contributed by atoms with van der Waals surface area (Å²) < 4.78 is 5.35. The van der Waals surface area contributed by atoms with Crippen LogP contribution in [-0.4, -0.2) is 23.9 Å². The van der Waals surface area contributed by atoms with Gasteiger partial charge in [-0.2, -0.15) is 0 Å². The molecular formula is C10H10N2O3. The van der Waals surface area contributed by atoms with Crippen LogP contribution in [0.25, 0.3) is 0 Å². The number of anilines is 1. The molecule has 0 radical (unpaired) electrons. The standard InChI is InChI=1S/C10H10N2O3/c13-10(6-11-14)12-8-2-1-3-9-7(8)4-5-15-9/h1-3,6,14H,4-5H2,(H,12,13)/b11-6+. The summed E-state index contributed by atoms with van der Waals surface area (Å²) in [6.07, 6.45) is 1.59. The highest BCUT2D eigenvalue weighted by Gasteiger charge is 2.16. The number of rotatable bonds is 2. The van der Waals surface area contributed by atoms with E-state index in [0.717, 1.165) is 23.9 Å². The van der Waals surface area contributed by atoms with Gasteiger partial charge in [0.25, 0.3) is 5.91 Å². The van der Waals surface area contributed by atoms with E-state index in [2.05, 4.69) is 10.5 Å². The Hall–Kier alpha value is -2.04. The molecule has 0 saturated carbocycles. The normalized spacial score (nSPS) is 13.6. The molecular weight excluding hydrogens is 196 g/mol. The molecule has 0 atom stereocenters. The predicted octanol–water partition coefficient (Wildman–Crippen LogP) is 1.02. The lowest BCUT2D eigenvalue weighted by Gasteiger charge is -2.06. The monoisotopic (exact) mass is 206 g/mol. The second-order valence-corrected chi connectivity index (χ2v) is 3.11. The molecule has 1 heterocycles. The van der Waals surface area contributed by atoms with E-state index in [0.29, 0.717) is 12.3 Å². The highest BCUT2D eigenvalue weighted by Crippen LogP contribution is 2.31. The first kappa shape index (κ1) is 9.51. The van der Waals surface area contributed by atoms with Crippen LogP contribution in [0, 0.1) is 0 Å². The average molecular weight is 206 g/mol. The van der Waals surface area contributed by atoms with Crippen LogP contribution in [0.1, 0.15) is 5.56 Å². The Kier molecular flexibility index (Phi) is 2.53. The van der Waals surface area contributed by atoms with Crippen molar-refractivity contribution < 1.29 is 14.7 Å². The van der Waals surface area contributed by atoms with Crippen LogP contribution in [0.3, 0.4) is 0 Å². The molecule has 1 aromatic carbocycles. The fourth-order valence-corrected chi connectivity index (χ4v) is 1.56. The summed E-state index contributed by atoms with van der Waals surface area (Å²) in [6.45, 7) is 0.635. The van der Waals surface area contributed by atoms with Gasteiger partial charge in [0, 0.05) is 17.7 Å². The zero-order chi connectivity index (χ0) is 10.7. The molecule has 5 nitrogen and oxygen atoms in total. The Bertz CT molecular complexity index is 415. The maximum absolute atomic E-state index is 11.2. The van der Waals surface area contributed by atoms with Crippen molar-refractivity contribution in [2.24, 2.45) is 5.16 Å². The maximum atomic E-state index is 11.2. The number of nitrogens with zero attached hydrogens (tertiary/aromatic N) is 1. The van der Waals surface area contributed by atoms with Gasteiger partial charge in [-0.05, 0) is 12.1 Å². The molecule has 78 valence electrons. The SMILES string of the molecule is O=C(/C=N/O)Nc1cccc2c1CCO2. The van der Waals surface area contributed by atoms with E-state index < -0.39 is 5.91 Å². The third-order valence-corrected chi connectivity index (χ3v) is 2.18. The number of carbonyl (C=O) groups excluding carboxylic acids is 1. The third-order valence-electron chi connectivity index (χ3n) is 2.18. The van der Waals surface area contributed by atoms with Crippen molar-refractivity contribution in [3.63, 3.8) is 0 Å². The Morgan fingerprint density at radius 1 is 1.60 bits per heavy atom. The van der Waals surface area contributed by atoms with E-state index in [-0.39, 0.29) is 0 Å². The van der Waals surface area contributed by atoms with Crippen molar-refractivity contribution in [1.29, 1.82) is 0 Å². The van der Waals surface area contributed by atoms with Gasteiger partial charge in [-0.3, -0.25) is 4.79 Å². The highest BCUT2D eigenvalue weighted by molar-refractivity contribution is 6.31. The number of fused-ring (bicyclic) bond motifs is 1. The van der Waals surface area contributed by atoms with Crippen molar-refractivity contribution in [2.75, 3.05) is 11.9 Å². The van der Waals surface area contributed by atoms with Gasteiger partial charge in [-0.15, -0.1) is 0 Å². The minimum atomic E-state index is -0.460. The predicted molar refractivity (Wildman–Crippen MR) is 54.5 cm³/mol. The number of amides is 1. The molecule has 0 aliphatic carbocycles. The van der Waals surface area contributed by atoms with Crippen LogP contribution in [-0.2, 0) is 11.2 Å². The van der Waals surface area contributed by atoms with Crippen molar-refractivity contribution in [2.45, 2.75) is 6.42 Å². The maximum Gasteiger partial charge on any atom is 0.270 e. The van der Waals surface area contributed by atoms with Gasteiger partial charge >= 0.3 is 0 Å². The van der Waals surface area contributed by atoms with Crippen molar-refractivity contribution >= 4 is 17.8 Å². The minimum absolute atomic E-state index is 0.460. The summed E-state index contributed by atoms with van der Waals surface area (Å²) in [5.74, 6) is 0.339. The Balaban J connectivity index is 2.22. The lowest BCUT2D eigenvalue weighted by Crippen LogP contribution is -2.13. The number of hydrogen-bond acceptors (Lipinski definition) is 4. The fourth-order valence-electron chi connectivity index (χ4n) is 1.56. The molecule has 1 aliphatic rings. The van der Waals surface area contributed by atoms with E-state index in [1.807, 2.05) is 6.07 Å². The van der Waals surface area contributed by atoms with E-state index in [1.165, 1.54) is 0 Å². The van der Waals surface area contributed by atoms with Crippen molar-refractivity contribution in [3.05, 3.63) is 23.8 Å². The van der Waals surface area contributed by atoms with E-state index >= 15 is 0 Å². The van der Waals surface area contributed by atoms with Gasteiger partial charge < -0.3 is 15.3 Å². The Labute approximate surface area is 86.4 Å². The van der Waals surface area contributed by atoms with Crippen molar-refractivity contribution in [3.8, 4) is 5.75 Å². The van der Waals surface area contributed by atoms with Crippen LogP contribution in [0.2, 0.25) is 0 Å². The number of oxime groups is 1. The fraction of sp³-hybridized carbons (Fsp3) is 0.200. The summed E-state index contributed by atoms with van der Waals surface area (Å²) in [5, 5.41) is 13.5. The molecule has 0 aromatic heterocycles. The third kappa shape index (κ3) is 1.90. The van der Waals surface area contributed by atoms with E-state index in [1.54, 1.807) is 12.1 Å². The molecule has 0 saturated heterocycles. The van der Waals surface area contributed by atoms with Crippen LogP contribution >= 0.6 is 0 Å². The summed E-state index contributed by atoms with van der Waals surface area (Å²) in [7, 11) is 0. The molecule has 0 spiro atoms. The lowest BCUT2D eigenvalue weighted by molar-refractivity contribution is -0.110. The Morgan fingerprint density at radius 2 is 2.47 bits per heavy atom. The van der Waals surface area contributed by atoms with Gasteiger partial charge in [0.1, 0.15) is 12.0 Å². The number of nitrogens with one attached hydrogen (secondary N) is 1. The summed E-state index contributed by atoms with van der Waals surface area (Å²) >= 11 is 0. The quantitative estimate of drug-likeness (QED) is 0.431. The molecule has 1 aliphatic heterocycles. The van der Waals surface area contributed by atoms with Gasteiger partial charge in [-0.1, -0.05) is 11.2 Å². The molecule has 1 aromatic rings. The molecule has 0 bridgehead atoms. The van der Waals surface area contributed by atoms with Crippen LogP contribution in [0.5, 0.6) is 5.75 Å². The molecule has 1 amide bonds. The van der Waals surface area contributed by atoms with E-state index in [4.69, 9.17) is 9.94 Å². The molecule has 5 heteroatoms. The van der Waals surface area contributed by atoms with Gasteiger partial charge in [-0.25, -0.2) is 0 Å². The molecule has 15 heavy (non-hydrogen) atoms. The molecule has 2 N–H and O–H groups in total. The minimum Gasteiger partial charge on any atom is -0.493 e. The smallest absolute Gasteiger partial charge is 0.270 e. The summed E-state index contributed by atoms with van der Waals surface area (Å²) in [4.78, 5) is 11.2. The highest BCUT2D eigenvalue weighted by atomic mass is 16.5. The van der Waals surface area contributed by atoms with Crippen molar-refractivity contribution in [1.82, 2.24) is 0 Å². The topological polar surface area (TPSA) is 70.9 Å². The second-order valence-electron chi connectivity index (χ2n) is 3.11. The first-order valence-corrected chi connectivity index (χ1v) is 4.54. The Morgan fingerprint density at radius 3 is 3.27 bits per heavy atom. The summed E-state index contributed by atoms with van der Waals surface area (Å²) in [6, 6.07) is 5.45. The number of hydrogen-bond donors (Lipinski definition) is 2.